The first-order chi connectivity index (χ1) is 11.3. The summed E-state index contributed by atoms with van der Waals surface area (Å²) in [6.45, 7) is 3.21. The van der Waals surface area contributed by atoms with Gasteiger partial charge in [-0.15, -0.1) is 11.8 Å². The minimum Gasteiger partial charge on any atom is -0.378 e. The first-order valence-corrected chi connectivity index (χ1v) is 11.0. The molecule has 0 aromatic heterocycles. The van der Waals surface area contributed by atoms with Crippen LogP contribution >= 0.6 is 11.8 Å². The van der Waals surface area contributed by atoms with Crippen molar-refractivity contribution in [3.63, 3.8) is 0 Å². The van der Waals surface area contributed by atoms with Crippen LogP contribution in [0.5, 0.6) is 0 Å². The lowest BCUT2D eigenvalue weighted by atomic mass is 10.2. The molecular weight excluding hydrogens is 344 g/mol. The standard InChI is InChI=1S/C17H26N2O3S2/c1-4-19(11-14-5-7-15(8-6-14)18(2)3)17(20)12-23-16-9-10-24(21,22)13-16/h5-8,16H,4,9-13H2,1-3H3. The molecule has 0 N–H and O–H groups in total. The van der Waals surface area contributed by atoms with E-state index in [4.69, 9.17) is 0 Å². The summed E-state index contributed by atoms with van der Waals surface area (Å²) in [6.07, 6.45) is 0.665. The molecule has 1 fully saturated rings. The van der Waals surface area contributed by atoms with Gasteiger partial charge < -0.3 is 9.80 Å². The van der Waals surface area contributed by atoms with Crippen LogP contribution in [0.3, 0.4) is 0 Å². The molecule has 1 aliphatic rings. The molecule has 1 aromatic carbocycles. The number of amides is 1. The molecule has 7 heteroatoms. The monoisotopic (exact) mass is 370 g/mol. The summed E-state index contributed by atoms with van der Waals surface area (Å²) >= 11 is 1.48. The van der Waals surface area contributed by atoms with Gasteiger partial charge in [0.15, 0.2) is 9.84 Å². The van der Waals surface area contributed by atoms with E-state index in [9.17, 15) is 13.2 Å². The fourth-order valence-corrected chi connectivity index (χ4v) is 6.21. The highest BCUT2D eigenvalue weighted by molar-refractivity contribution is 8.02. The quantitative estimate of drug-likeness (QED) is 0.735. The maximum atomic E-state index is 12.4. The molecule has 0 bridgehead atoms. The summed E-state index contributed by atoms with van der Waals surface area (Å²) in [7, 11) is 1.12. The zero-order chi connectivity index (χ0) is 17.7. The Morgan fingerprint density at radius 1 is 1.25 bits per heavy atom. The molecule has 1 aliphatic heterocycles. The van der Waals surface area contributed by atoms with E-state index in [2.05, 4.69) is 0 Å². The Morgan fingerprint density at radius 3 is 2.42 bits per heavy atom. The molecule has 2 rings (SSSR count). The number of benzene rings is 1. The van der Waals surface area contributed by atoms with Gasteiger partial charge in [0.2, 0.25) is 5.91 Å². The van der Waals surface area contributed by atoms with Gasteiger partial charge in [0.1, 0.15) is 0 Å². The second-order valence-corrected chi connectivity index (χ2v) is 9.82. The highest BCUT2D eigenvalue weighted by Crippen LogP contribution is 2.24. The molecule has 1 aromatic rings. The number of carbonyl (C=O) groups excluding carboxylic acids is 1. The lowest BCUT2D eigenvalue weighted by Crippen LogP contribution is -2.32. The number of nitrogens with zero attached hydrogens (tertiary/aromatic N) is 2. The van der Waals surface area contributed by atoms with Crippen molar-refractivity contribution in [3.8, 4) is 0 Å². The van der Waals surface area contributed by atoms with Crippen molar-refractivity contribution in [2.75, 3.05) is 42.8 Å². The minimum absolute atomic E-state index is 0.0667. The van der Waals surface area contributed by atoms with Crippen LogP contribution in [-0.4, -0.2) is 62.4 Å². The number of hydrogen-bond donors (Lipinski definition) is 0. The van der Waals surface area contributed by atoms with E-state index in [1.165, 1.54) is 11.8 Å². The molecule has 1 heterocycles. The number of anilines is 1. The van der Waals surface area contributed by atoms with Gasteiger partial charge in [-0.25, -0.2) is 8.42 Å². The molecule has 1 atom stereocenters. The Labute approximate surface area is 149 Å². The molecule has 0 radical (unpaired) electrons. The molecule has 5 nitrogen and oxygen atoms in total. The van der Waals surface area contributed by atoms with E-state index >= 15 is 0 Å². The summed E-state index contributed by atoms with van der Waals surface area (Å²) in [6, 6.07) is 8.18. The van der Waals surface area contributed by atoms with Gasteiger partial charge in [-0.05, 0) is 31.0 Å². The molecule has 0 saturated carbocycles. The predicted octanol–water partition coefficient (Wildman–Crippen LogP) is 2.02. The summed E-state index contributed by atoms with van der Waals surface area (Å²) in [4.78, 5) is 16.3. The Balaban J connectivity index is 1.87. The van der Waals surface area contributed by atoms with Crippen LogP contribution in [0.1, 0.15) is 18.9 Å². The summed E-state index contributed by atoms with van der Waals surface area (Å²) < 4.78 is 23.0. The van der Waals surface area contributed by atoms with Crippen LogP contribution < -0.4 is 4.90 Å². The Bertz CT molecular complexity index is 657. The van der Waals surface area contributed by atoms with Crippen molar-refractivity contribution < 1.29 is 13.2 Å². The molecule has 0 aliphatic carbocycles. The summed E-state index contributed by atoms with van der Waals surface area (Å²) in [5.41, 5.74) is 2.23. The fraction of sp³-hybridized carbons (Fsp3) is 0.588. The number of hydrogen-bond acceptors (Lipinski definition) is 5. The normalized spacial score (nSPS) is 19.2. The topological polar surface area (TPSA) is 57.7 Å². The highest BCUT2D eigenvalue weighted by atomic mass is 32.2. The molecular formula is C17H26N2O3S2. The van der Waals surface area contributed by atoms with E-state index in [1.807, 2.05) is 55.1 Å². The third-order valence-corrected chi connectivity index (χ3v) is 7.46. The molecule has 1 unspecified atom stereocenters. The third kappa shape index (κ3) is 5.41. The number of sulfone groups is 1. The van der Waals surface area contributed by atoms with Crippen LogP contribution in [0.15, 0.2) is 24.3 Å². The second-order valence-electron chi connectivity index (χ2n) is 6.30. The van der Waals surface area contributed by atoms with Crippen molar-refractivity contribution in [2.45, 2.75) is 25.1 Å². The van der Waals surface area contributed by atoms with Crippen molar-refractivity contribution in [1.29, 1.82) is 0 Å². The van der Waals surface area contributed by atoms with E-state index < -0.39 is 9.84 Å². The van der Waals surface area contributed by atoms with E-state index in [-0.39, 0.29) is 22.7 Å². The van der Waals surface area contributed by atoms with Crippen molar-refractivity contribution >= 4 is 33.2 Å². The molecule has 134 valence electrons. The maximum Gasteiger partial charge on any atom is 0.232 e. The van der Waals surface area contributed by atoms with Crippen molar-refractivity contribution in [3.05, 3.63) is 29.8 Å². The average Bonchev–Trinajstić information content (AvgIpc) is 2.89. The van der Waals surface area contributed by atoms with Gasteiger partial charge in [-0.2, -0.15) is 0 Å². The molecule has 24 heavy (non-hydrogen) atoms. The third-order valence-electron chi connectivity index (χ3n) is 4.19. The zero-order valence-corrected chi connectivity index (χ0v) is 16.2. The van der Waals surface area contributed by atoms with Gasteiger partial charge in [-0.1, -0.05) is 12.1 Å². The summed E-state index contributed by atoms with van der Waals surface area (Å²) in [5.74, 6) is 0.894. The predicted molar refractivity (Wildman–Crippen MR) is 101 cm³/mol. The van der Waals surface area contributed by atoms with Crippen LogP contribution in [0.2, 0.25) is 0 Å². The van der Waals surface area contributed by atoms with Crippen LogP contribution in [0, 0.1) is 0 Å². The fourth-order valence-electron chi connectivity index (χ4n) is 2.67. The zero-order valence-electron chi connectivity index (χ0n) is 14.6. The smallest absolute Gasteiger partial charge is 0.232 e. The number of rotatable bonds is 7. The van der Waals surface area contributed by atoms with Crippen LogP contribution in [0.25, 0.3) is 0 Å². The van der Waals surface area contributed by atoms with Crippen molar-refractivity contribution in [1.82, 2.24) is 4.90 Å². The molecule has 0 spiro atoms. The van der Waals surface area contributed by atoms with Gasteiger partial charge in [0, 0.05) is 38.1 Å². The first kappa shape index (κ1) is 19.1. The number of thioether (sulfide) groups is 1. The second kappa shape index (κ2) is 8.25. The summed E-state index contributed by atoms with van der Waals surface area (Å²) in [5, 5.41) is 0.0667. The molecule has 1 amide bonds. The highest BCUT2D eigenvalue weighted by Gasteiger charge is 2.29. The van der Waals surface area contributed by atoms with E-state index in [0.29, 0.717) is 25.3 Å². The lowest BCUT2D eigenvalue weighted by molar-refractivity contribution is -0.128. The minimum atomic E-state index is -2.88. The van der Waals surface area contributed by atoms with Crippen LogP contribution in [-0.2, 0) is 21.2 Å². The van der Waals surface area contributed by atoms with Gasteiger partial charge in [0.05, 0.1) is 17.3 Å². The van der Waals surface area contributed by atoms with Crippen LogP contribution in [0.4, 0.5) is 5.69 Å². The average molecular weight is 371 g/mol. The largest absolute Gasteiger partial charge is 0.378 e. The molecule has 1 saturated heterocycles. The Hall–Kier alpha value is -1.21. The first-order valence-electron chi connectivity index (χ1n) is 8.17. The van der Waals surface area contributed by atoms with E-state index in [0.717, 1.165) is 11.3 Å². The Morgan fingerprint density at radius 2 is 1.92 bits per heavy atom. The maximum absolute atomic E-state index is 12.4. The lowest BCUT2D eigenvalue weighted by Gasteiger charge is -2.22. The van der Waals surface area contributed by atoms with Gasteiger partial charge in [-0.3, -0.25) is 4.79 Å². The van der Waals surface area contributed by atoms with Gasteiger partial charge >= 0.3 is 0 Å². The van der Waals surface area contributed by atoms with E-state index in [1.54, 1.807) is 0 Å². The van der Waals surface area contributed by atoms with Crippen molar-refractivity contribution in [2.24, 2.45) is 0 Å². The SMILES string of the molecule is CCN(Cc1ccc(N(C)C)cc1)C(=O)CSC1CCS(=O)(=O)C1. The van der Waals surface area contributed by atoms with Gasteiger partial charge in [0.25, 0.3) is 0 Å². The Kier molecular flexibility index (Phi) is 6.57. The number of carbonyl (C=O) groups is 1.